The minimum Gasteiger partial charge on any atom is -0.271 e. The maximum atomic E-state index is 12.8. The van der Waals surface area contributed by atoms with Crippen molar-refractivity contribution in [3.05, 3.63) is 60.3 Å². The van der Waals surface area contributed by atoms with E-state index < -0.39 is 5.41 Å². The zero-order valence-electron chi connectivity index (χ0n) is 11.4. The number of carbonyl (C=O) groups excluding carboxylic acids is 1. The molecular formula is C16H15N3O. The van der Waals surface area contributed by atoms with E-state index in [9.17, 15) is 4.79 Å². The number of nitrogens with zero attached hydrogens (tertiary/aromatic N) is 3. The van der Waals surface area contributed by atoms with Gasteiger partial charge in [0.25, 0.3) is 5.91 Å². The van der Waals surface area contributed by atoms with Gasteiger partial charge in [-0.3, -0.25) is 4.79 Å². The van der Waals surface area contributed by atoms with Crippen molar-refractivity contribution in [2.45, 2.75) is 19.3 Å². The number of anilines is 1. The van der Waals surface area contributed by atoms with E-state index in [1.807, 2.05) is 56.3 Å². The van der Waals surface area contributed by atoms with Gasteiger partial charge in [-0.25, -0.2) is 4.98 Å². The maximum Gasteiger partial charge on any atom is 0.264 e. The Labute approximate surface area is 117 Å². The van der Waals surface area contributed by atoms with Crippen LogP contribution in [0.4, 0.5) is 5.82 Å². The highest BCUT2D eigenvalue weighted by atomic mass is 16.2. The summed E-state index contributed by atoms with van der Waals surface area (Å²) in [4.78, 5) is 17.0. The van der Waals surface area contributed by atoms with Crippen LogP contribution in [-0.2, 0) is 10.2 Å². The van der Waals surface area contributed by atoms with E-state index in [4.69, 9.17) is 0 Å². The summed E-state index contributed by atoms with van der Waals surface area (Å²) in [6, 6.07) is 15.2. The van der Waals surface area contributed by atoms with Gasteiger partial charge in [0.05, 0.1) is 5.71 Å². The van der Waals surface area contributed by atoms with Crippen LogP contribution in [0, 0.1) is 0 Å². The number of pyridine rings is 1. The number of amides is 1. The summed E-state index contributed by atoms with van der Waals surface area (Å²) in [5, 5.41) is 5.80. The Morgan fingerprint density at radius 3 is 2.40 bits per heavy atom. The molecule has 0 spiro atoms. The lowest BCUT2D eigenvalue weighted by molar-refractivity contribution is -0.120. The van der Waals surface area contributed by atoms with Gasteiger partial charge in [0.1, 0.15) is 5.41 Å². The molecule has 1 unspecified atom stereocenters. The predicted octanol–water partition coefficient (Wildman–Crippen LogP) is 2.76. The highest BCUT2D eigenvalue weighted by Gasteiger charge is 2.47. The molecule has 1 aliphatic heterocycles. The van der Waals surface area contributed by atoms with Gasteiger partial charge in [-0.15, -0.1) is 0 Å². The van der Waals surface area contributed by atoms with Crippen LogP contribution in [-0.4, -0.2) is 16.6 Å². The topological polar surface area (TPSA) is 45.6 Å². The fourth-order valence-electron chi connectivity index (χ4n) is 2.40. The van der Waals surface area contributed by atoms with Gasteiger partial charge in [-0.1, -0.05) is 36.4 Å². The summed E-state index contributed by atoms with van der Waals surface area (Å²) >= 11 is 0. The third-order valence-electron chi connectivity index (χ3n) is 3.81. The quantitative estimate of drug-likeness (QED) is 0.838. The standard InChI is InChI=1S/C16H15N3O/c1-12-16(2,13-8-4-3-5-9-13)15(20)19(18-12)14-10-6-7-11-17-14/h3-11H,1-2H3. The number of benzene rings is 1. The molecule has 0 saturated heterocycles. The third-order valence-corrected chi connectivity index (χ3v) is 3.81. The lowest BCUT2D eigenvalue weighted by Gasteiger charge is -2.23. The maximum absolute atomic E-state index is 12.8. The fourth-order valence-corrected chi connectivity index (χ4v) is 2.40. The lowest BCUT2D eigenvalue weighted by atomic mass is 9.78. The average Bonchev–Trinajstić information content (AvgIpc) is 2.74. The Balaban J connectivity index is 2.05. The van der Waals surface area contributed by atoms with Crippen molar-refractivity contribution in [2.24, 2.45) is 5.10 Å². The van der Waals surface area contributed by atoms with Crippen molar-refractivity contribution in [1.29, 1.82) is 0 Å². The Morgan fingerprint density at radius 2 is 1.75 bits per heavy atom. The van der Waals surface area contributed by atoms with Crippen LogP contribution in [0.15, 0.2) is 59.8 Å². The first kappa shape index (κ1) is 12.5. The van der Waals surface area contributed by atoms with Crippen LogP contribution < -0.4 is 5.01 Å². The van der Waals surface area contributed by atoms with E-state index in [-0.39, 0.29) is 5.91 Å². The van der Waals surface area contributed by atoms with Crippen LogP contribution >= 0.6 is 0 Å². The van der Waals surface area contributed by atoms with Gasteiger partial charge in [0.15, 0.2) is 5.82 Å². The molecule has 0 N–H and O–H groups in total. The molecule has 2 aromatic rings. The molecule has 0 saturated carbocycles. The summed E-state index contributed by atoms with van der Waals surface area (Å²) in [5.74, 6) is 0.483. The Kier molecular flexibility index (Phi) is 2.86. The SMILES string of the molecule is CC1=NN(c2ccccn2)C(=O)C1(C)c1ccccc1. The molecule has 0 fully saturated rings. The normalized spacial score (nSPS) is 22.0. The first-order valence-electron chi connectivity index (χ1n) is 6.51. The Morgan fingerprint density at radius 1 is 1.05 bits per heavy atom. The second-order valence-corrected chi connectivity index (χ2v) is 4.98. The molecule has 4 heteroatoms. The van der Waals surface area contributed by atoms with E-state index in [2.05, 4.69) is 10.1 Å². The summed E-state index contributed by atoms with van der Waals surface area (Å²) in [6.45, 7) is 3.79. The molecule has 1 aliphatic rings. The molecule has 1 atom stereocenters. The van der Waals surface area contributed by atoms with Gasteiger partial charge in [0, 0.05) is 6.20 Å². The molecule has 3 rings (SSSR count). The number of aromatic nitrogens is 1. The molecule has 0 bridgehead atoms. The first-order valence-corrected chi connectivity index (χ1v) is 6.51. The van der Waals surface area contributed by atoms with E-state index >= 15 is 0 Å². The summed E-state index contributed by atoms with van der Waals surface area (Å²) in [7, 11) is 0. The average molecular weight is 265 g/mol. The second-order valence-electron chi connectivity index (χ2n) is 4.98. The zero-order valence-corrected chi connectivity index (χ0v) is 11.4. The van der Waals surface area contributed by atoms with Gasteiger partial charge in [0.2, 0.25) is 0 Å². The smallest absolute Gasteiger partial charge is 0.264 e. The van der Waals surface area contributed by atoms with Crippen molar-refractivity contribution in [1.82, 2.24) is 4.98 Å². The molecule has 1 aromatic carbocycles. The monoisotopic (exact) mass is 265 g/mol. The largest absolute Gasteiger partial charge is 0.271 e. The molecular weight excluding hydrogens is 250 g/mol. The van der Waals surface area contributed by atoms with Crippen LogP contribution in [0.2, 0.25) is 0 Å². The van der Waals surface area contributed by atoms with Crippen LogP contribution in [0.1, 0.15) is 19.4 Å². The second kappa shape index (κ2) is 4.56. The van der Waals surface area contributed by atoms with Crippen molar-refractivity contribution in [3.8, 4) is 0 Å². The predicted molar refractivity (Wildman–Crippen MR) is 78.6 cm³/mol. The summed E-state index contributed by atoms with van der Waals surface area (Å²) < 4.78 is 0. The van der Waals surface area contributed by atoms with E-state index in [1.165, 1.54) is 5.01 Å². The lowest BCUT2D eigenvalue weighted by Crippen LogP contribution is -2.40. The van der Waals surface area contributed by atoms with E-state index in [1.54, 1.807) is 12.3 Å². The van der Waals surface area contributed by atoms with Gasteiger partial charge in [-0.2, -0.15) is 10.1 Å². The van der Waals surface area contributed by atoms with Gasteiger partial charge in [-0.05, 0) is 31.5 Å². The highest BCUT2D eigenvalue weighted by Crippen LogP contribution is 2.34. The fraction of sp³-hybridized carbons (Fsp3) is 0.188. The Hall–Kier alpha value is -2.49. The zero-order chi connectivity index (χ0) is 14.2. The van der Waals surface area contributed by atoms with Crippen molar-refractivity contribution in [2.75, 3.05) is 5.01 Å². The number of hydrogen-bond donors (Lipinski definition) is 0. The molecule has 100 valence electrons. The molecule has 4 nitrogen and oxygen atoms in total. The van der Waals surface area contributed by atoms with E-state index in [0.29, 0.717) is 5.82 Å². The Bertz CT molecular complexity index is 667. The summed E-state index contributed by atoms with van der Waals surface area (Å²) in [5.41, 5.74) is 1.00. The van der Waals surface area contributed by atoms with Crippen molar-refractivity contribution >= 4 is 17.4 Å². The van der Waals surface area contributed by atoms with Gasteiger partial charge >= 0.3 is 0 Å². The molecule has 20 heavy (non-hydrogen) atoms. The highest BCUT2D eigenvalue weighted by molar-refractivity contribution is 6.22. The molecule has 1 amide bonds. The van der Waals surface area contributed by atoms with E-state index in [0.717, 1.165) is 11.3 Å². The van der Waals surface area contributed by atoms with Crippen molar-refractivity contribution < 1.29 is 4.79 Å². The molecule has 2 heterocycles. The first-order chi connectivity index (χ1) is 9.64. The summed E-state index contributed by atoms with van der Waals surface area (Å²) in [6.07, 6.45) is 1.66. The van der Waals surface area contributed by atoms with Crippen LogP contribution in [0.5, 0.6) is 0 Å². The number of carbonyl (C=O) groups is 1. The van der Waals surface area contributed by atoms with Crippen LogP contribution in [0.25, 0.3) is 0 Å². The minimum absolute atomic E-state index is 0.0695. The number of hydrazone groups is 1. The van der Waals surface area contributed by atoms with Crippen molar-refractivity contribution in [3.63, 3.8) is 0 Å². The number of rotatable bonds is 2. The number of hydrogen-bond acceptors (Lipinski definition) is 3. The minimum atomic E-state index is -0.723. The van der Waals surface area contributed by atoms with Gasteiger partial charge < -0.3 is 0 Å². The molecule has 0 aliphatic carbocycles. The molecule has 0 radical (unpaired) electrons. The third kappa shape index (κ3) is 1.72. The molecule has 1 aromatic heterocycles. The van der Waals surface area contributed by atoms with Crippen LogP contribution in [0.3, 0.4) is 0 Å².